The van der Waals surface area contributed by atoms with Crippen LogP contribution in [0.4, 0.5) is 11.4 Å². The van der Waals surface area contributed by atoms with Crippen molar-refractivity contribution in [2.24, 2.45) is 5.73 Å². The highest BCUT2D eigenvalue weighted by Crippen LogP contribution is 2.31. The maximum atomic E-state index is 11.8. The van der Waals surface area contributed by atoms with E-state index in [1.165, 1.54) is 0 Å². The van der Waals surface area contributed by atoms with Crippen molar-refractivity contribution in [1.82, 2.24) is 0 Å². The Hall–Kier alpha value is -2.93. The van der Waals surface area contributed by atoms with Gasteiger partial charge in [0.2, 0.25) is 0 Å². The number of carbonyl (C=O) groups is 1. The van der Waals surface area contributed by atoms with Crippen LogP contribution in [0.1, 0.15) is 24.1 Å². The fourth-order valence-electron chi connectivity index (χ4n) is 2.54. The van der Waals surface area contributed by atoms with Gasteiger partial charge in [0.1, 0.15) is 11.6 Å². The summed E-state index contributed by atoms with van der Waals surface area (Å²) in [7, 11) is 3.76. The molecule has 146 valence electrons. The number of benzene rings is 2. The summed E-state index contributed by atoms with van der Waals surface area (Å²) >= 11 is 0. The molecule has 2 aromatic rings. The summed E-state index contributed by atoms with van der Waals surface area (Å²) in [4.78, 5) is 13.7. The van der Waals surface area contributed by atoms with Gasteiger partial charge in [0, 0.05) is 25.3 Å². The SMILES string of the molecule is CCOc1ccc(C(Nc2ccc(C(=N)N)cc2)C(=O)O)cc1N(C)C.Cl. The van der Waals surface area contributed by atoms with E-state index in [-0.39, 0.29) is 18.2 Å². The van der Waals surface area contributed by atoms with E-state index in [9.17, 15) is 9.90 Å². The van der Waals surface area contributed by atoms with Crippen LogP contribution in [-0.4, -0.2) is 37.6 Å². The summed E-state index contributed by atoms with van der Waals surface area (Å²) in [6.07, 6.45) is 0. The second kappa shape index (κ2) is 9.68. The minimum atomic E-state index is -0.991. The van der Waals surface area contributed by atoms with Crippen molar-refractivity contribution >= 4 is 35.6 Å². The van der Waals surface area contributed by atoms with E-state index in [2.05, 4.69) is 5.32 Å². The van der Waals surface area contributed by atoms with Crippen molar-refractivity contribution in [2.45, 2.75) is 13.0 Å². The highest BCUT2D eigenvalue weighted by molar-refractivity contribution is 5.95. The number of carboxylic acids is 1. The summed E-state index contributed by atoms with van der Waals surface area (Å²) in [5, 5.41) is 20.1. The second-order valence-electron chi connectivity index (χ2n) is 5.96. The second-order valence-corrected chi connectivity index (χ2v) is 5.96. The number of ether oxygens (including phenoxy) is 1. The predicted molar refractivity (Wildman–Crippen MR) is 111 cm³/mol. The molecular formula is C19H25ClN4O3. The van der Waals surface area contributed by atoms with E-state index in [1.807, 2.05) is 25.9 Å². The van der Waals surface area contributed by atoms with Crippen molar-refractivity contribution in [3.05, 3.63) is 53.6 Å². The van der Waals surface area contributed by atoms with Crippen molar-refractivity contribution in [1.29, 1.82) is 5.41 Å². The van der Waals surface area contributed by atoms with Gasteiger partial charge in [0.05, 0.1) is 12.3 Å². The Morgan fingerprint density at radius 3 is 2.37 bits per heavy atom. The molecule has 0 spiro atoms. The van der Waals surface area contributed by atoms with Gasteiger partial charge in [0.15, 0.2) is 6.04 Å². The summed E-state index contributed by atoms with van der Waals surface area (Å²) in [6, 6.07) is 11.2. The van der Waals surface area contributed by atoms with Gasteiger partial charge in [-0.3, -0.25) is 5.41 Å². The van der Waals surface area contributed by atoms with Crippen LogP contribution < -0.4 is 20.7 Å². The quantitative estimate of drug-likeness (QED) is 0.405. The van der Waals surface area contributed by atoms with Gasteiger partial charge in [-0.05, 0) is 48.9 Å². The summed E-state index contributed by atoms with van der Waals surface area (Å²) < 4.78 is 5.61. The Morgan fingerprint density at radius 1 is 1.26 bits per heavy atom. The molecule has 2 rings (SSSR count). The van der Waals surface area contributed by atoms with E-state index in [4.69, 9.17) is 15.9 Å². The van der Waals surface area contributed by atoms with Crippen LogP contribution in [0.15, 0.2) is 42.5 Å². The summed E-state index contributed by atoms with van der Waals surface area (Å²) in [6.45, 7) is 2.43. The number of nitrogen functional groups attached to an aromatic ring is 1. The zero-order valence-corrected chi connectivity index (χ0v) is 16.3. The summed E-state index contributed by atoms with van der Waals surface area (Å²) in [5.41, 5.74) is 8.07. The minimum Gasteiger partial charge on any atom is -0.492 e. The first kappa shape index (κ1) is 22.1. The Morgan fingerprint density at radius 2 is 1.89 bits per heavy atom. The average Bonchev–Trinajstić information content (AvgIpc) is 2.60. The topological polar surface area (TPSA) is 112 Å². The fourth-order valence-corrected chi connectivity index (χ4v) is 2.54. The highest BCUT2D eigenvalue weighted by atomic mass is 35.5. The van der Waals surface area contributed by atoms with Crippen molar-refractivity contribution in [2.75, 3.05) is 30.9 Å². The molecule has 0 amide bonds. The molecular weight excluding hydrogens is 368 g/mol. The predicted octanol–water partition coefficient (Wildman–Crippen LogP) is 3.09. The number of nitrogens with zero attached hydrogens (tertiary/aromatic N) is 1. The minimum absolute atomic E-state index is 0. The Labute approximate surface area is 165 Å². The van der Waals surface area contributed by atoms with E-state index in [0.29, 0.717) is 29.2 Å². The fraction of sp³-hybridized carbons (Fsp3) is 0.263. The number of nitrogens with two attached hydrogens (primary N) is 1. The first-order valence-electron chi connectivity index (χ1n) is 8.21. The van der Waals surface area contributed by atoms with Crippen LogP contribution in [0.2, 0.25) is 0 Å². The lowest BCUT2D eigenvalue weighted by Crippen LogP contribution is -2.21. The van der Waals surface area contributed by atoms with E-state index < -0.39 is 12.0 Å². The number of amidine groups is 1. The largest absolute Gasteiger partial charge is 0.492 e. The Bertz CT molecular complexity index is 794. The lowest BCUT2D eigenvalue weighted by atomic mass is 10.0. The number of carboxylic acid groups (broad SMARTS) is 1. The number of halogens is 1. The van der Waals surface area contributed by atoms with Gasteiger partial charge in [-0.2, -0.15) is 0 Å². The third-order valence-electron chi connectivity index (χ3n) is 3.85. The van der Waals surface area contributed by atoms with E-state index in [1.54, 1.807) is 42.5 Å². The van der Waals surface area contributed by atoms with E-state index >= 15 is 0 Å². The molecule has 0 saturated heterocycles. The third-order valence-corrected chi connectivity index (χ3v) is 3.85. The van der Waals surface area contributed by atoms with E-state index in [0.717, 1.165) is 5.69 Å². The number of anilines is 2. The standard InChI is InChI=1S/C19H24N4O3.ClH/c1-4-26-16-10-7-13(11-15(16)23(2)3)17(19(24)25)22-14-8-5-12(6-9-14)18(20)21;/h5-11,17,22H,4H2,1-3H3,(H3,20,21)(H,24,25);1H. The molecule has 1 unspecified atom stereocenters. The number of hydrogen-bond acceptors (Lipinski definition) is 5. The van der Waals surface area contributed by atoms with Crippen LogP contribution >= 0.6 is 12.4 Å². The maximum Gasteiger partial charge on any atom is 0.330 e. The van der Waals surface area contributed by atoms with Crippen LogP contribution in [-0.2, 0) is 4.79 Å². The van der Waals surface area contributed by atoms with Crippen LogP contribution in [0.5, 0.6) is 5.75 Å². The average molecular weight is 393 g/mol. The molecule has 0 aliphatic rings. The summed E-state index contributed by atoms with van der Waals surface area (Å²) in [5.74, 6) is -0.320. The van der Waals surface area contributed by atoms with Crippen LogP contribution in [0.3, 0.4) is 0 Å². The van der Waals surface area contributed by atoms with Gasteiger partial charge in [-0.1, -0.05) is 6.07 Å². The molecule has 8 heteroatoms. The smallest absolute Gasteiger partial charge is 0.330 e. The van der Waals surface area contributed by atoms with Crippen molar-refractivity contribution < 1.29 is 14.6 Å². The van der Waals surface area contributed by atoms with Crippen molar-refractivity contribution in [3.8, 4) is 5.75 Å². The zero-order valence-electron chi connectivity index (χ0n) is 15.5. The zero-order chi connectivity index (χ0) is 19.3. The molecule has 0 radical (unpaired) electrons. The number of aliphatic carboxylic acids is 1. The monoisotopic (exact) mass is 392 g/mol. The molecule has 5 N–H and O–H groups in total. The molecule has 27 heavy (non-hydrogen) atoms. The lowest BCUT2D eigenvalue weighted by Gasteiger charge is -2.22. The number of rotatable bonds is 8. The Balaban J connectivity index is 0.00000364. The molecule has 2 aromatic carbocycles. The molecule has 0 saturated carbocycles. The molecule has 0 aliphatic heterocycles. The molecule has 0 aliphatic carbocycles. The van der Waals surface area contributed by atoms with Gasteiger partial charge in [-0.15, -0.1) is 12.4 Å². The number of nitrogens with one attached hydrogen (secondary N) is 2. The van der Waals surface area contributed by atoms with Crippen molar-refractivity contribution in [3.63, 3.8) is 0 Å². The van der Waals surface area contributed by atoms with Crippen LogP contribution in [0.25, 0.3) is 0 Å². The molecule has 1 atom stereocenters. The maximum absolute atomic E-state index is 11.8. The normalized spacial score (nSPS) is 11.1. The molecule has 0 heterocycles. The lowest BCUT2D eigenvalue weighted by molar-refractivity contribution is -0.138. The van der Waals surface area contributed by atoms with Crippen LogP contribution in [0, 0.1) is 5.41 Å². The first-order valence-corrected chi connectivity index (χ1v) is 8.21. The van der Waals surface area contributed by atoms with Gasteiger partial charge in [0.25, 0.3) is 0 Å². The molecule has 0 aromatic heterocycles. The van der Waals surface area contributed by atoms with Gasteiger partial charge < -0.3 is 25.8 Å². The Kier molecular flexibility index (Phi) is 7.93. The molecule has 0 bridgehead atoms. The first-order chi connectivity index (χ1) is 12.3. The molecule has 7 nitrogen and oxygen atoms in total. The number of hydrogen-bond donors (Lipinski definition) is 4. The van der Waals surface area contributed by atoms with Gasteiger partial charge >= 0.3 is 5.97 Å². The van der Waals surface area contributed by atoms with Gasteiger partial charge in [-0.25, -0.2) is 4.79 Å². The highest BCUT2D eigenvalue weighted by Gasteiger charge is 2.21. The molecule has 0 fully saturated rings. The third kappa shape index (κ3) is 5.52.